The van der Waals surface area contributed by atoms with Gasteiger partial charge in [-0.3, -0.25) is 9.52 Å². The highest BCUT2D eigenvalue weighted by molar-refractivity contribution is 7.97. The van der Waals surface area contributed by atoms with Crippen molar-refractivity contribution < 1.29 is 4.79 Å². The highest BCUT2D eigenvalue weighted by Gasteiger charge is 2.18. The second-order valence-corrected chi connectivity index (χ2v) is 8.85. The van der Waals surface area contributed by atoms with Gasteiger partial charge >= 0.3 is 0 Å². The fourth-order valence-electron chi connectivity index (χ4n) is 3.72. The van der Waals surface area contributed by atoms with E-state index in [1.54, 1.807) is 11.9 Å². The zero-order chi connectivity index (χ0) is 19.9. The number of nitrogens with one attached hydrogen (secondary N) is 2. The number of fused-ring (bicyclic) bond motifs is 1. The van der Waals surface area contributed by atoms with E-state index < -0.39 is 0 Å². The summed E-state index contributed by atoms with van der Waals surface area (Å²) >= 11 is 1.70. The molecule has 2 aromatic carbocycles. The Balaban J connectivity index is 1.72. The highest BCUT2D eigenvalue weighted by atomic mass is 32.2. The molecule has 0 bridgehead atoms. The Morgan fingerprint density at radius 2 is 1.89 bits per heavy atom. The third-order valence-corrected chi connectivity index (χ3v) is 6.58. The Labute approximate surface area is 173 Å². The Morgan fingerprint density at radius 1 is 1.18 bits per heavy atom. The number of nitrogens with zero attached hydrogens (tertiary/aromatic N) is 1. The lowest BCUT2D eigenvalue weighted by atomic mass is 10.0. The van der Waals surface area contributed by atoms with Crippen LogP contribution in [0.3, 0.4) is 0 Å². The summed E-state index contributed by atoms with van der Waals surface area (Å²) in [6.07, 6.45) is 5.67. The Hall–Kier alpha value is -1.56. The molecule has 1 amide bonds. The molecule has 5 heteroatoms. The second kappa shape index (κ2) is 10.3. The summed E-state index contributed by atoms with van der Waals surface area (Å²) in [6.45, 7) is 6.56. The van der Waals surface area contributed by atoms with Crippen molar-refractivity contribution in [2.24, 2.45) is 0 Å². The van der Waals surface area contributed by atoms with Crippen LogP contribution in [0.4, 0.5) is 0 Å². The van der Waals surface area contributed by atoms with Gasteiger partial charge in [-0.05, 0) is 81.2 Å². The van der Waals surface area contributed by atoms with Crippen LogP contribution in [0.1, 0.15) is 56.3 Å². The Bertz CT molecular complexity index is 787. The van der Waals surface area contributed by atoms with Gasteiger partial charge in [0.15, 0.2) is 0 Å². The van der Waals surface area contributed by atoms with Gasteiger partial charge in [0.25, 0.3) is 5.91 Å². The van der Waals surface area contributed by atoms with Crippen molar-refractivity contribution in [1.82, 2.24) is 14.9 Å². The van der Waals surface area contributed by atoms with E-state index in [9.17, 15) is 4.79 Å². The van der Waals surface area contributed by atoms with Gasteiger partial charge in [-0.25, -0.2) is 0 Å². The third kappa shape index (κ3) is 5.49. The maximum absolute atomic E-state index is 12.8. The molecule has 1 unspecified atom stereocenters. The normalized spacial score (nSPS) is 17.0. The molecule has 2 aromatic rings. The topological polar surface area (TPSA) is 44.4 Å². The largest absolute Gasteiger partial charge is 0.350 e. The van der Waals surface area contributed by atoms with Gasteiger partial charge in [0.1, 0.15) is 0 Å². The van der Waals surface area contributed by atoms with Crippen LogP contribution in [0.25, 0.3) is 10.8 Å². The number of piperidine rings is 1. The average Bonchev–Trinajstić information content (AvgIpc) is 2.71. The summed E-state index contributed by atoms with van der Waals surface area (Å²) in [5.41, 5.74) is 0.766. The van der Waals surface area contributed by atoms with Gasteiger partial charge in [-0.2, -0.15) is 0 Å². The van der Waals surface area contributed by atoms with E-state index in [0.29, 0.717) is 6.04 Å². The molecule has 1 atom stereocenters. The summed E-state index contributed by atoms with van der Waals surface area (Å²) in [4.78, 5) is 16.4. The molecule has 1 heterocycles. The zero-order valence-corrected chi connectivity index (χ0v) is 18.1. The summed E-state index contributed by atoms with van der Waals surface area (Å²) in [6, 6.07) is 13.0. The lowest BCUT2D eigenvalue weighted by molar-refractivity contribution is 0.0939. The van der Waals surface area contributed by atoms with Crippen LogP contribution in [0, 0.1) is 0 Å². The standard InChI is InChI=1S/C23H33N3OS/c1-4-5-8-17(2)24-23(27)21-11-12-22(20-10-7-6-9-19(20)21)28-25-18-13-15-26(3)16-14-18/h6-7,9-12,17-18,25H,4-5,8,13-16H2,1-3H3,(H,24,27). The SMILES string of the molecule is CCCCC(C)NC(=O)c1ccc(SNC2CCN(C)CC2)c2ccccc12. The van der Waals surface area contributed by atoms with E-state index >= 15 is 0 Å². The minimum Gasteiger partial charge on any atom is -0.350 e. The number of benzene rings is 2. The molecule has 1 aliphatic rings. The molecule has 4 nitrogen and oxygen atoms in total. The van der Waals surface area contributed by atoms with Gasteiger partial charge in [0, 0.05) is 22.5 Å². The molecule has 0 radical (unpaired) electrons. The number of carbonyl (C=O) groups excluding carboxylic acids is 1. The molecule has 0 spiro atoms. The molecule has 2 N–H and O–H groups in total. The van der Waals surface area contributed by atoms with E-state index in [0.717, 1.165) is 48.7 Å². The van der Waals surface area contributed by atoms with Gasteiger partial charge in [-0.1, -0.05) is 44.0 Å². The quantitative estimate of drug-likeness (QED) is 0.624. The predicted octanol–water partition coefficient (Wildman–Crippen LogP) is 4.84. The molecule has 152 valence electrons. The van der Waals surface area contributed by atoms with Gasteiger partial charge in [0.05, 0.1) is 0 Å². The van der Waals surface area contributed by atoms with Crippen molar-refractivity contribution >= 4 is 28.6 Å². The number of rotatable bonds is 8. The van der Waals surface area contributed by atoms with Crippen LogP contribution in [-0.4, -0.2) is 43.0 Å². The van der Waals surface area contributed by atoms with Crippen molar-refractivity contribution in [2.75, 3.05) is 20.1 Å². The second-order valence-electron chi connectivity index (χ2n) is 7.97. The van der Waals surface area contributed by atoms with E-state index in [-0.39, 0.29) is 11.9 Å². The van der Waals surface area contributed by atoms with Gasteiger partial charge in [-0.15, -0.1) is 0 Å². The number of hydrogen-bond donors (Lipinski definition) is 2. The van der Waals surface area contributed by atoms with Crippen LogP contribution >= 0.6 is 11.9 Å². The first-order chi connectivity index (χ1) is 13.6. The van der Waals surface area contributed by atoms with E-state index in [2.05, 4.69) is 54.0 Å². The van der Waals surface area contributed by atoms with Gasteiger partial charge in [0.2, 0.25) is 0 Å². The molecule has 1 saturated heterocycles. The number of likely N-dealkylation sites (tertiary alicyclic amines) is 1. The first-order valence-electron chi connectivity index (χ1n) is 10.5. The molecule has 1 aliphatic heterocycles. The highest BCUT2D eigenvalue weighted by Crippen LogP contribution is 2.30. The molecule has 3 rings (SSSR count). The van der Waals surface area contributed by atoms with Crippen molar-refractivity contribution in [1.29, 1.82) is 0 Å². The lowest BCUT2D eigenvalue weighted by Crippen LogP contribution is -2.38. The van der Waals surface area contributed by atoms with Crippen molar-refractivity contribution in [3.8, 4) is 0 Å². The lowest BCUT2D eigenvalue weighted by Gasteiger charge is -2.29. The first-order valence-corrected chi connectivity index (χ1v) is 11.3. The number of amides is 1. The summed E-state index contributed by atoms with van der Waals surface area (Å²) in [5, 5.41) is 5.33. The third-order valence-electron chi connectivity index (χ3n) is 5.55. The fraction of sp³-hybridized carbons (Fsp3) is 0.522. The molecule has 0 aliphatic carbocycles. The predicted molar refractivity (Wildman–Crippen MR) is 120 cm³/mol. The smallest absolute Gasteiger partial charge is 0.252 e. The number of hydrogen-bond acceptors (Lipinski definition) is 4. The maximum atomic E-state index is 12.8. The average molecular weight is 400 g/mol. The Kier molecular flexibility index (Phi) is 7.77. The summed E-state index contributed by atoms with van der Waals surface area (Å²) < 4.78 is 3.64. The number of carbonyl (C=O) groups is 1. The molecular weight excluding hydrogens is 366 g/mol. The van der Waals surface area contributed by atoms with E-state index in [4.69, 9.17) is 0 Å². The zero-order valence-electron chi connectivity index (χ0n) is 17.3. The summed E-state index contributed by atoms with van der Waals surface area (Å²) in [5.74, 6) is 0.0274. The van der Waals surface area contributed by atoms with Gasteiger partial charge < -0.3 is 10.2 Å². The van der Waals surface area contributed by atoms with Crippen LogP contribution < -0.4 is 10.0 Å². The summed E-state index contributed by atoms with van der Waals surface area (Å²) in [7, 11) is 2.18. The molecule has 28 heavy (non-hydrogen) atoms. The minimum absolute atomic E-state index is 0.0274. The van der Waals surface area contributed by atoms with Crippen molar-refractivity contribution in [3.05, 3.63) is 42.0 Å². The number of unbranched alkanes of at least 4 members (excludes halogenated alkanes) is 1. The van der Waals surface area contributed by atoms with Crippen LogP contribution in [0.5, 0.6) is 0 Å². The van der Waals surface area contributed by atoms with Crippen LogP contribution in [0.2, 0.25) is 0 Å². The fourth-order valence-corrected chi connectivity index (χ4v) is 4.67. The molecule has 1 fully saturated rings. The van der Waals surface area contributed by atoms with E-state index in [1.165, 1.54) is 17.7 Å². The molecular formula is C23H33N3OS. The Morgan fingerprint density at radius 3 is 2.61 bits per heavy atom. The molecule has 0 saturated carbocycles. The van der Waals surface area contributed by atoms with Crippen molar-refractivity contribution in [2.45, 2.75) is 62.9 Å². The monoisotopic (exact) mass is 399 g/mol. The van der Waals surface area contributed by atoms with Crippen LogP contribution in [-0.2, 0) is 0 Å². The van der Waals surface area contributed by atoms with Crippen LogP contribution in [0.15, 0.2) is 41.3 Å². The molecule has 0 aromatic heterocycles. The van der Waals surface area contributed by atoms with E-state index in [1.807, 2.05) is 18.2 Å². The first kappa shape index (κ1) is 21.2. The van der Waals surface area contributed by atoms with Crippen molar-refractivity contribution in [3.63, 3.8) is 0 Å². The minimum atomic E-state index is 0.0274. The maximum Gasteiger partial charge on any atom is 0.252 e.